The van der Waals surface area contributed by atoms with Crippen LogP contribution in [0.15, 0.2) is 54.6 Å². The summed E-state index contributed by atoms with van der Waals surface area (Å²) in [6.07, 6.45) is 0. The summed E-state index contributed by atoms with van der Waals surface area (Å²) >= 11 is 0. The fourth-order valence-electron chi connectivity index (χ4n) is 4.17. The van der Waals surface area contributed by atoms with Gasteiger partial charge in [0.05, 0.1) is 26.8 Å². The van der Waals surface area contributed by atoms with Gasteiger partial charge >= 0.3 is 5.97 Å². The minimum absolute atomic E-state index is 0.00610. The Morgan fingerprint density at radius 1 is 1.17 bits per heavy atom. The third-order valence-corrected chi connectivity index (χ3v) is 6.16. The number of fused-ring (bicyclic) bond motifs is 1. The molecule has 0 saturated heterocycles. The molecule has 1 aliphatic heterocycles. The van der Waals surface area contributed by atoms with Gasteiger partial charge in [-0.3, -0.25) is 14.3 Å². The Kier molecular flexibility index (Phi) is 7.05. The van der Waals surface area contributed by atoms with Crippen molar-refractivity contribution in [3.05, 3.63) is 82.9 Å². The van der Waals surface area contributed by atoms with E-state index in [1.54, 1.807) is 32.0 Å². The predicted molar refractivity (Wildman–Crippen MR) is 128 cm³/mol. The average molecular weight is 495 g/mol. The van der Waals surface area contributed by atoms with E-state index in [0.717, 1.165) is 0 Å². The van der Waals surface area contributed by atoms with Gasteiger partial charge in [-0.25, -0.2) is 9.18 Å². The minimum atomic E-state index is -1.36. The number of carbonyl (C=O) groups excluding carboxylic acids is 3. The summed E-state index contributed by atoms with van der Waals surface area (Å²) in [6.45, 7) is 3.73. The van der Waals surface area contributed by atoms with Gasteiger partial charge in [0.25, 0.3) is 5.91 Å². The Morgan fingerprint density at radius 2 is 1.89 bits per heavy atom. The number of carbonyl (C=O) groups is 3. The van der Waals surface area contributed by atoms with Crippen molar-refractivity contribution >= 4 is 17.8 Å². The molecule has 0 spiro atoms. The number of amides is 2. The lowest BCUT2D eigenvalue weighted by atomic mass is 9.93. The molecule has 2 amide bonds. The molecule has 2 aromatic carbocycles. The zero-order valence-corrected chi connectivity index (χ0v) is 20.3. The van der Waals surface area contributed by atoms with E-state index < -0.39 is 23.3 Å². The number of rotatable bonds is 8. The van der Waals surface area contributed by atoms with Gasteiger partial charge in [-0.2, -0.15) is 5.10 Å². The van der Waals surface area contributed by atoms with E-state index in [2.05, 4.69) is 10.4 Å². The largest absolute Gasteiger partial charge is 0.496 e. The number of nitrogens with one attached hydrogen (secondary N) is 1. The highest BCUT2D eigenvalue weighted by molar-refractivity contribution is 6.01. The molecule has 1 N–H and O–H groups in total. The fourth-order valence-corrected chi connectivity index (χ4v) is 4.17. The van der Waals surface area contributed by atoms with Crippen LogP contribution in [0.3, 0.4) is 0 Å². The SMILES string of the molecule is CCOC(=O)c1cc2n(n1)C[C@](C)(C(=O)NCc1ccc(F)cc1)N(Cc1ccccc1OC)C2=O. The van der Waals surface area contributed by atoms with Gasteiger partial charge in [0.15, 0.2) is 5.69 Å². The van der Waals surface area contributed by atoms with Crippen LogP contribution in [0.4, 0.5) is 4.39 Å². The van der Waals surface area contributed by atoms with Crippen LogP contribution in [-0.4, -0.2) is 51.7 Å². The van der Waals surface area contributed by atoms with Crippen LogP contribution < -0.4 is 10.1 Å². The number of para-hydroxylation sites is 1. The zero-order chi connectivity index (χ0) is 25.9. The number of benzene rings is 2. The number of ether oxygens (including phenoxy) is 2. The van der Waals surface area contributed by atoms with Gasteiger partial charge in [0.2, 0.25) is 5.91 Å². The topological polar surface area (TPSA) is 103 Å². The van der Waals surface area contributed by atoms with Gasteiger partial charge in [-0.1, -0.05) is 30.3 Å². The molecule has 10 heteroatoms. The van der Waals surface area contributed by atoms with E-state index in [9.17, 15) is 18.8 Å². The molecule has 4 rings (SSSR count). The smallest absolute Gasteiger partial charge is 0.358 e. The first-order valence-electron chi connectivity index (χ1n) is 11.5. The Labute approximate surface area is 207 Å². The molecule has 36 heavy (non-hydrogen) atoms. The van der Waals surface area contributed by atoms with Gasteiger partial charge in [0.1, 0.15) is 22.8 Å². The lowest BCUT2D eigenvalue weighted by molar-refractivity contribution is -0.133. The summed E-state index contributed by atoms with van der Waals surface area (Å²) in [5.41, 5.74) is 0.230. The van der Waals surface area contributed by atoms with Crippen molar-refractivity contribution in [2.24, 2.45) is 0 Å². The summed E-state index contributed by atoms with van der Waals surface area (Å²) in [5.74, 6) is -1.33. The molecule has 188 valence electrons. The maximum Gasteiger partial charge on any atom is 0.358 e. The maximum absolute atomic E-state index is 13.7. The van der Waals surface area contributed by atoms with Crippen LogP contribution in [0, 0.1) is 5.82 Å². The van der Waals surface area contributed by atoms with Gasteiger partial charge in [-0.15, -0.1) is 0 Å². The number of aromatic nitrogens is 2. The molecule has 2 heterocycles. The van der Waals surface area contributed by atoms with Crippen molar-refractivity contribution < 1.29 is 28.2 Å². The molecule has 1 aliphatic rings. The quantitative estimate of drug-likeness (QED) is 0.483. The monoisotopic (exact) mass is 494 g/mol. The van der Waals surface area contributed by atoms with Crippen molar-refractivity contribution in [1.82, 2.24) is 20.0 Å². The van der Waals surface area contributed by atoms with E-state index in [0.29, 0.717) is 16.9 Å². The molecule has 0 unspecified atom stereocenters. The van der Waals surface area contributed by atoms with Crippen molar-refractivity contribution in [3.8, 4) is 5.75 Å². The Balaban J connectivity index is 1.69. The Morgan fingerprint density at radius 3 is 2.58 bits per heavy atom. The molecule has 3 aromatic rings. The lowest BCUT2D eigenvalue weighted by Crippen LogP contribution is -2.63. The number of nitrogens with zero attached hydrogens (tertiary/aromatic N) is 3. The first-order valence-corrected chi connectivity index (χ1v) is 11.5. The number of halogens is 1. The number of esters is 1. The molecule has 0 fully saturated rings. The highest BCUT2D eigenvalue weighted by Gasteiger charge is 2.48. The van der Waals surface area contributed by atoms with E-state index >= 15 is 0 Å². The highest BCUT2D eigenvalue weighted by atomic mass is 19.1. The van der Waals surface area contributed by atoms with Crippen molar-refractivity contribution in [1.29, 1.82) is 0 Å². The van der Waals surface area contributed by atoms with E-state index in [-0.39, 0.29) is 43.4 Å². The van der Waals surface area contributed by atoms with Crippen molar-refractivity contribution in [3.63, 3.8) is 0 Å². The number of methoxy groups -OCH3 is 1. The van der Waals surface area contributed by atoms with Crippen LogP contribution in [-0.2, 0) is 29.2 Å². The second kappa shape index (κ2) is 10.2. The molecule has 9 nitrogen and oxygen atoms in total. The summed E-state index contributed by atoms with van der Waals surface area (Å²) in [5, 5.41) is 7.10. The number of hydrogen-bond donors (Lipinski definition) is 1. The summed E-state index contributed by atoms with van der Waals surface area (Å²) in [4.78, 5) is 41.0. The van der Waals surface area contributed by atoms with E-state index in [1.807, 2.05) is 18.2 Å². The van der Waals surface area contributed by atoms with Crippen molar-refractivity contribution in [2.45, 2.75) is 39.0 Å². The zero-order valence-electron chi connectivity index (χ0n) is 20.3. The molecule has 0 saturated carbocycles. The molecule has 0 bridgehead atoms. The molecule has 0 radical (unpaired) electrons. The fraction of sp³-hybridized carbons (Fsp3) is 0.308. The van der Waals surface area contributed by atoms with Crippen LogP contribution in [0.1, 0.15) is 46.0 Å². The van der Waals surface area contributed by atoms with Gasteiger partial charge in [0, 0.05) is 18.2 Å². The van der Waals surface area contributed by atoms with Gasteiger partial charge < -0.3 is 19.7 Å². The molecular weight excluding hydrogens is 467 g/mol. The first kappa shape index (κ1) is 24.9. The summed E-state index contributed by atoms with van der Waals surface area (Å²) < 4.78 is 25.1. The van der Waals surface area contributed by atoms with E-state index in [1.165, 1.54) is 34.9 Å². The summed E-state index contributed by atoms with van der Waals surface area (Å²) in [7, 11) is 1.53. The Hall–Kier alpha value is -4.21. The predicted octanol–water partition coefficient (Wildman–Crippen LogP) is 2.94. The maximum atomic E-state index is 13.7. The van der Waals surface area contributed by atoms with Crippen LogP contribution in [0.2, 0.25) is 0 Å². The third kappa shape index (κ3) is 4.79. The average Bonchev–Trinajstić information content (AvgIpc) is 3.30. The molecular formula is C26H27FN4O5. The minimum Gasteiger partial charge on any atom is -0.496 e. The molecule has 1 atom stereocenters. The molecule has 1 aromatic heterocycles. The highest BCUT2D eigenvalue weighted by Crippen LogP contribution is 2.31. The lowest BCUT2D eigenvalue weighted by Gasteiger charge is -2.43. The first-order chi connectivity index (χ1) is 17.3. The number of hydrogen-bond acceptors (Lipinski definition) is 6. The van der Waals surface area contributed by atoms with Crippen LogP contribution >= 0.6 is 0 Å². The Bertz CT molecular complexity index is 1290. The van der Waals surface area contributed by atoms with Crippen LogP contribution in [0.5, 0.6) is 5.75 Å². The van der Waals surface area contributed by atoms with Crippen LogP contribution in [0.25, 0.3) is 0 Å². The summed E-state index contributed by atoms with van der Waals surface area (Å²) in [6, 6.07) is 14.4. The second-order valence-corrected chi connectivity index (χ2v) is 8.58. The second-order valence-electron chi connectivity index (χ2n) is 8.58. The van der Waals surface area contributed by atoms with Crippen molar-refractivity contribution in [2.75, 3.05) is 13.7 Å². The normalized spacial score (nSPS) is 16.9. The third-order valence-electron chi connectivity index (χ3n) is 6.16. The van der Waals surface area contributed by atoms with Gasteiger partial charge in [-0.05, 0) is 37.6 Å². The standard InChI is InChI=1S/C26H27FN4O5/c1-4-36-24(33)20-13-21-23(32)30(15-18-7-5-6-8-22(18)35-3)26(2,16-31(21)29-20)25(34)28-14-17-9-11-19(27)12-10-17/h5-13H,4,14-16H2,1-3H3,(H,28,34)/t26-/m1/s1. The molecule has 0 aliphatic carbocycles. The van der Waals surface area contributed by atoms with E-state index in [4.69, 9.17) is 9.47 Å².